The van der Waals surface area contributed by atoms with Crippen LogP contribution in [0.1, 0.15) is 11.3 Å². The molecule has 3 heteroatoms. The lowest BCUT2D eigenvalue weighted by Gasteiger charge is -1.87. The maximum absolute atomic E-state index is 8.65. The predicted molar refractivity (Wildman–Crippen MR) is 50.5 cm³/mol. The van der Waals surface area contributed by atoms with Crippen LogP contribution in [0.15, 0.2) is 28.7 Å². The number of alkyl halides is 1. The molecule has 0 fully saturated rings. The molecule has 0 spiro atoms. The Balaban J connectivity index is 2.65. The molecule has 0 amide bonds. The summed E-state index contributed by atoms with van der Waals surface area (Å²) in [4.78, 5) is 0. The normalized spacial score (nSPS) is 10.2. The lowest BCUT2D eigenvalue weighted by molar-refractivity contribution is 0.573. The van der Waals surface area contributed by atoms with Gasteiger partial charge in [-0.2, -0.15) is 5.26 Å². The Morgan fingerprint density at radius 1 is 1.38 bits per heavy atom. The first-order chi connectivity index (χ1) is 6.33. The van der Waals surface area contributed by atoms with Gasteiger partial charge in [0.05, 0.1) is 17.5 Å². The number of nitriles is 1. The predicted octanol–water partition coefficient (Wildman–Crippen LogP) is 3.04. The molecule has 0 saturated heterocycles. The van der Waals surface area contributed by atoms with E-state index >= 15 is 0 Å². The lowest BCUT2D eigenvalue weighted by atomic mass is 10.2. The van der Waals surface area contributed by atoms with Crippen molar-refractivity contribution in [3.8, 4) is 6.07 Å². The highest BCUT2D eigenvalue weighted by Crippen LogP contribution is 2.21. The fraction of sp³-hybridized carbons (Fsp3) is 0.100. The number of hydrogen-bond donors (Lipinski definition) is 0. The van der Waals surface area contributed by atoms with Crippen molar-refractivity contribution in [2.75, 3.05) is 0 Å². The molecule has 0 aliphatic carbocycles. The Labute approximate surface area is 80.3 Å². The molecule has 64 valence electrons. The molecule has 1 aromatic heterocycles. The largest absolute Gasteiger partial charge is 0.460 e. The van der Waals surface area contributed by atoms with Crippen LogP contribution >= 0.6 is 11.6 Å². The van der Waals surface area contributed by atoms with Crippen molar-refractivity contribution < 1.29 is 4.42 Å². The standard InChI is InChI=1S/C10H6ClNO/c11-5-9-4-8-3-7(6-12)1-2-10(8)13-9/h1-4H,5H2. The van der Waals surface area contributed by atoms with Gasteiger partial charge in [0.25, 0.3) is 0 Å². The molecule has 0 radical (unpaired) electrons. The van der Waals surface area contributed by atoms with Crippen LogP contribution in [0.4, 0.5) is 0 Å². The van der Waals surface area contributed by atoms with Crippen LogP contribution in [-0.2, 0) is 5.88 Å². The molecule has 0 unspecified atom stereocenters. The molecule has 13 heavy (non-hydrogen) atoms. The average molecular weight is 192 g/mol. The minimum Gasteiger partial charge on any atom is -0.460 e. The number of furan rings is 1. The molecule has 0 aliphatic heterocycles. The van der Waals surface area contributed by atoms with Crippen LogP contribution in [0, 0.1) is 11.3 Å². The third-order valence-corrected chi connectivity index (χ3v) is 2.09. The molecule has 0 bridgehead atoms. The summed E-state index contributed by atoms with van der Waals surface area (Å²) in [6, 6.07) is 9.22. The monoisotopic (exact) mass is 191 g/mol. The first kappa shape index (κ1) is 8.15. The molecule has 0 N–H and O–H groups in total. The molecule has 0 atom stereocenters. The van der Waals surface area contributed by atoms with Crippen LogP contribution in [-0.4, -0.2) is 0 Å². The second-order valence-corrected chi connectivity index (χ2v) is 2.98. The van der Waals surface area contributed by atoms with E-state index in [0.717, 1.165) is 16.7 Å². The van der Waals surface area contributed by atoms with Gasteiger partial charge in [0, 0.05) is 5.39 Å². The summed E-state index contributed by atoms with van der Waals surface area (Å²) >= 11 is 5.61. The quantitative estimate of drug-likeness (QED) is 0.650. The highest BCUT2D eigenvalue weighted by atomic mass is 35.5. The van der Waals surface area contributed by atoms with E-state index in [0.29, 0.717) is 11.4 Å². The number of fused-ring (bicyclic) bond motifs is 1. The third kappa shape index (κ3) is 1.39. The smallest absolute Gasteiger partial charge is 0.134 e. The Morgan fingerprint density at radius 3 is 2.92 bits per heavy atom. The highest BCUT2D eigenvalue weighted by molar-refractivity contribution is 6.17. The van der Waals surface area contributed by atoms with Gasteiger partial charge in [0.15, 0.2) is 0 Å². The number of hydrogen-bond acceptors (Lipinski definition) is 2. The maximum Gasteiger partial charge on any atom is 0.134 e. The van der Waals surface area contributed by atoms with Gasteiger partial charge >= 0.3 is 0 Å². The van der Waals surface area contributed by atoms with Crippen molar-refractivity contribution in [1.82, 2.24) is 0 Å². The number of halogens is 1. The van der Waals surface area contributed by atoms with Crippen LogP contribution in [0.25, 0.3) is 11.0 Å². The Hall–Kier alpha value is -1.46. The summed E-state index contributed by atoms with van der Waals surface area (Å²) in [5.74, 6) is 1.09. The average Bonchev–Trinajstić information content (AvgIpc) is 2.58. The number of rotatable bonds is 1. The summed E-state index contributed by atoms with van der Waals surface area (Å²) in [7, 11) is 0. The zero-order valence-electron chi connectivity index (χ0n) is 6.75. The second kappa shape index (κ2) is 3.12. The van der Waals surface area contributed by atoms with Crippen LogP contribution < -0.4 is 0 Å². The molecule has 0 saturated carbocycles. The summed E-state index contributed by atoms with van der Waals surface area (Å²) in [5, 5.41) is 9.58. The van der Waals surface area contributed by atoms with E-state index in [1.165, 1.54) is 0 Å². The summed E-state index contributed by atoms with van der Waals surface area (Å²) in [5.41, 5.74) is 1.41. The van der Waals surface area contributed by atoms with Crippen molar-refractivity contribution in [2.24, 2.45) is 0 Å². The first-order valence-electron chi connectivity index (χ1n) is 3.82. The minimum absolute atomic E-state index is 0.358. The molecule has 2 rings (SSSR count). The maximum atomic E-state index is 8.65. The summed E-state index contributed by atoms with van der Waals surface area (Å²) in [6.07, 6.45) is 0. The fourth-order valence-corrected chi connectivity index (χ4v) is 1.37. The van der Waals surface area contributed by atoms with Gasteiger partial charge in [-0.15, -0.1) is 11.6 Å². The fourth-order valence-electron chi connectivity index (χ4n) is 1.23. The van der Waals surface area contributed by atoms with Gasteiger partial charge in [0.1, 0.15) is 11.3 Å². The van der Waals surface area contributed by atoms with Gasteiger partial charge < -0.3 is 4.42 Å². The van der Waals surface area contributed by atoms with Crippen molar-refractivity contribution in [3.05, 3.63) is 35.6 Å². The van der Waals surface area contributed by atoms with Gasteiger partial charge in [-0.3, -0.25) is 0 Å². The SMILES string of the molecule is N#Cc1ccc2oc(CCl)cc2c1. The van der Waals surface area contributed by atoms with E-state index < -0.39 is 0 Å². The van der Waals surface area contributed by atoms with Crippen LogP contribution in [0.2, 0.25) is 0 Å². The topological polar surface area (TPSA) is 36.9 Å². The summed E-state index contributed by atoms with van der Waals surface area (Å²) in [6.45, 7) is 0. The Morgan fingerprint density at radius 2 is 2.23 bits per heavy atom. The van der Waals surface area contributed by atoms with E-state index in [1.807, 2.05) is 6.07 Å². The summed E-state index contributed by atoms with van der Waals surface area (Å²) < 4.78 is 5.38. The van der Waals surface area contributed by atoms with E-state index in [2.05, 4.69) is 6.07 Å². The zero-order chi connectivity index (χ0) is 9.26. The van der Waals surface area contributed by atoms with E-state index in [9.17, 15) is 0 Å². The number of nitrogens with zero attached hydrogens (tertiary/aromatic N) is 1. The van der Waals surface area contributed by atoms with E-state index in [1.54, 1.807) is 18.2 Å². The van der Waals surface area contributed by atoms with Crippen molar-refractivity contribution in [2.45, 2.75) is 5.88 Å². The molecule has 0 aliphatic rings. The Kier molecular flexibility index (Phi) is 1.96. The molecule has 1 aromatic carbocycles. The first-order valence-corrected chi connectivity index (χ1v) is 4.35. The second-order valence-electron chi connectivity index (χ2n) is 2.71. The molecular weight excluding hydrogens is 186 g/mol. The molecule has 1 heterocycles. The molecule has 2 nitrogen and oxygen atoms in total. The lowest BCUT2D eigenvalue weighted by Crippen LogP contribution is -1.70. The van der Waals surface area contributed by atoms with Gasteiger partial charge in [-0.25, -0.2) is 0 Å². The van der Waals surface area contributed by atoms with Gasteiger partial charge in [-0.05, 0) is 24.3 Å². The van der Waals surface area contributed by atoms with E-state index in [4.69, 9.17) is 21.3 Å². The van der Waals surface area contributed by atoms with Crippen LogP contribution in [0.5, 0.6) is 0 Å². The molecule has 2 aromatic rings. The van der Waals surface area contributed by atoms with E-state index in [-0.39, 0.29) is 0 Å². The zero-order valence-corrected chi connectivity index (χ0v) is 7.51. The third-order valence-electron chi connectivity index (χ3n) is 1.83. The van der Waals surface area contributed by atoms with Crippen LogP contribution in [0.3, 0.4) is 0 Å². The highest BCUT2D eigenvalue weighted by Gasteiger charge is 2.02. The Bertz CT molecular complexity index is 481. The van der Waals surface area contributed by atoms with Crippen molar-refractivity contribution >= 4 is 22.6 Å². The van der Waals surface area contributed by atoms with Crippen molar-refractivity contribution in [3.63, 3.8) is 0 Å². The number of benzene rings is 1. The minimum atomic E-state index is 0.358. The van der Waals surface area contributed by atoms with Gasteiger partial charge in [0.2, 0.25) is 0 Å². The van der Waals surface area contributed by atoms with Crippen molar-refractivity contribution in [1.29, 1.82) is 5.26 Å². The van der Waals surface area contributed by atoms with Gasteiger partial charge in [-0.1, -0.05) is 0 Å². The molecular formula is C10H6ClNO.